The third kappa shape index (κ3) is 3.11. The summed E-state index contributed by atoms with van der Waals surface area (Å²) < 4.78 is 18.4. The molecular formula is C16H17FN2O2S. The van der Waals surface area contributed by atoms with Crippen LogP contribution in [0.25, 0.3) is 0 Å². The number of aromatic nitrogens is 1. The number of aryl methyl sites for hydroxylation is 1. The predicted octanol–water partition coefficient (Wildman–Crippen LogP) is 4.39. The largest absolute Gasteiger partial charge is 0.462 e. The quantitative estimate of drug-likeness (QED) is 0.830. The lowest BCUT2D eigenvalue weighted by Crippen LogP contribution is -2.05. The number of benzene rings is 1. The van der Waals surface area contributed by atoms with Crippen LogP contribution < -0.4 is 5.32 Å². The lowest BCUT2D eigenvalue weighted by atomic mass is 10.2. The molecule has 3 rings (SSSR count). The van der Waals surface area contributed by atoms with Crippen LogP contribution in [0.1, 0.15) is 46.6 Å². The van der Waals surface area contributed by atoms with Crippen molar-refractivity contribution in [1.82, 2.24) is 4.98 Å². The number of carbonyl (C=O) groups is 1. The molecule has 0 spiro atoms. The average Bonchev–Trinajstić information content (AvgIpc) is 3.24. The van der Waals surface area contributed by atoms with Gasteiger partial charge in [-0.15, -0.1) is 0 Å². The number of ether oxygens (including phenoxy) is 1. The molecule has 22 heavy (non-hydrogen) atoms. The number of hydrogen-bond donors (Lipinski definition) is 1. The van der Waals surface area contributed by atoms with Crippen molar-refractivity contribution in [3.8, 4) is 0 Å². The molecule has 1 aromatic heterocycles. The molecule has 4 nitrogen and oxygen atoms in total. The standard InChI is InChI=1S/C16H17FN2O2S/c1-3-21-15(20)14-13(10-4-5-10)19-16(22-14)18-11-6-7-12(17)9(2)8-11/h6-8,10H,3-5H2,1-2H3,(H,18,19). The maximum atomic E-state index is 13.3. The molecule has 1 fully saturated rings. The highest BCUT2D eigenvalue weighted by molar-refractivity contribution is 7.17. The molecule has 1 N–H and O–H groups in total. The van der Waals surface area contributed by atoms with E-state index in [1.54, 1.807) is 26.0 Å². The van der Waals surface area contributed by atoms with Crippen molar-refractivity contribution in [2.24, 2.45) is 0 Å². The first-order valence-corrected chi connectivity index (χ1v) is 8.11. The lowest BCUT2D eigenvalue weighted by Gasteiger charge is -2.04. The van der Waals surface area contributed by atoms with Crippen LogP contribution in [0.4, 0.5) is 15.2 Å². The van der Waals surface area contributed by atoms with Crippen LogP contribution in [-0.2, 0) is 4.74 Å². The molecule has 2 aromatic rings. The number of halogens is 1. The first-order chi connectivity index (χ1) is 10.6. The number of esters is 1. The van der Waals surface area contributed by atoms with Crippen molar-refractivity contribution >= 4 is 28.1 Å². The fourth-order valence-electron chi connectivity index (χ4n) is 2.21. The molecule has 0 amide bonds. The summed E-state index contributed by atoms with van der Waals surface area (Å²) in [4.78, 5) is 17.1. The van der Waals surface area contributed by atoms with Gasteiger partial charge >= 0.3 is 5.97 Å². The number of nitrogens with one attached hydrogen (secondary N) is 1. The van der Waals surface area contributed by atoms with Gasteiger partial charge in [0.1, 0.15) is 10.7 Å². The number of thiazole rings is 1. The number of anilines is 2. The van der Waals surface area contributed by atoms with E-state index < -0.39 is 0 Å². The lowest BCUT2D eigenvalue weighted by molar-refractivity contribution is 0.0530. The predicted molar refractivity (Wildman–Crippen MR) is 84.5 cm³/mol. The summed E-state index contributed by atoms with van der Waals surface area (Å²) in [6, 6.07) is 4.79. The van der Waals surface area contributed by atoms with Gasteiger partial charge < -0.3 is 10.1 Å². The highest BCUT2D eigenvalue weighted by Crippen LogP contribution is 2.44. The molecule has 1 saturated carbocycles. The van der Waals surface area contributed by atoms with Crippen molar-refractivity contribution in [2.45, 2.75) is 32.6 Å². The molecule has 0 aliphatic heterocycles. The highest BCUT2D eigenvalue weighted by atomic mass is 32.1. The Morgan fingerprint density at radius 1 is 1.50 bits per heavy atom. The number of carbonyl (C=O) groups excluding carboxylic acids is 1. The van der Waals surface area contributed by atoms with Gasteiger partial charge in [0.15, 0.2) is 5.13 Å². The van der Waals surface area contributed by atoms with Gasteiger partial charge in [-0.25, -0.2) is 14.2 Å². The Morgan fingerprint density at radius 3 is 2.91 bits per heavy atom. The number of nitrogens with zero attached hydrogens (tertiary/aromatic N) is 1. The maximum absolute atomic E-state index is 13.3. The van der Waals surface area contributed by atoms with E-state index in [9.17, 15) is 9.18 Å². The van der Waals surface area contributed by atoms with E-state index >= 15 is 0 Å². The normalized spacial score (nSPS) is 14.0. The van der Waals surface area contributed by atoms with Crippen LogP contribution in [0.3, 0.4) is 0 Å². The van der Waals surface area contributed by atoms with Crippen LogP contribution in [-0.4, -0.2) is 17.6 Å². The van der Waals surface area contributed by atoms with Gasteiger partial charge in [-0.3, -0.25) is 0 Å². The first kappa shape index (κ1) is 15.0. The Bertz CT molecular complexity index is 710. The van der Waals surface area contributed by atoms with Gasteiger partial charge in [0.05, 0.1) is 12.3 Å². The van der Waals surface area contributed by atoms with Crippen LogP contribution >= 0.6 is 11.3 Å². The van der Waals surface area contributed by atoms with E-state index in [0.717, 1.165) is 24.2 Å². The van der Waals surface area contributed by atoms with Crippen LogP contribution in [0.15, 0.2) is 18.2 Å². The molecule has 1 aliphatic rings. The molecular weight excluding hydrogens is 303 g/mol. The summed E-state index contributed by atoms with van der Waals surface area (Å²) in [5, 5.41) is 3.78. The summed E-state index contributed by atoms with van der Waals surface area (Å²) >= 11 is 1.29. The van der Waals surface area contributed by atoms with Crippen LogP contribution in [0, 0.1) is 12.7 Å². The third-order valence-electron chi connectivity index (χ3n) is 3.49. The van der Waals surface area contributed by atoms with Crippen molar-refractivity contribution in [1.29, 1.82) is 0 Å². The van der Waals surface area contributed by atoms with Gasteiger partial charge in [0, 0.05) is 11.6 Å². The molecule has 1 aliphatic carbocycles. The molecule has 116 valence electrons. The molecule has 0 radical (unpaired) electrons. The highest BCUT2D eigenvalue weighted by Gasteiger charge is 2.32. The van der Waals surface area contributed by atoms with Gasteiger partial charge in [0.2, 0.25) is 0 Å². The van der Waals surface area contributed by atoms with Gasteiger partial charge in [-0.1, -0.05) is 11.3 Å². The second kappa shape index (κ2) is 6.04. The maximum Gasteiger partial charge on any atom is 0.350 e. The Morgan fingerprint density at radius 2 is 2.27 bits per heavy atom. The second-order valence-corrected chi connectivity index (χ2v) is 6.32. The Labute approximate surface area is 132 Å². The molecule has 0 unspecified atom stereocenters. The summed E-state index contributed by atoms with van der Waals surface area (Å²) in [5.41, 5.74) is 2.14. The van der Waals surface area contributed by atoms with Gasteiger partial charge in [-0.05, 0) is 50.5 Å². The fourth-order valence-corrected chi connectivity index (χ4v) is 3.17. The fraction of sp³-hybridized carbons (Fsp3) is 0.375. The van der Waals surface area contributed by atoms with Crippen LogP contribution in [0.5, 0.6) is 0 Å². The number of rotatable bonds is 5. The topological polar surface area (TPSA) is 51.2 Å². The van der Waals surface area contributed by atoms with Crippen molar-refractivity contribution in [3.63, 3.8) is 0 Å². The smallest absolute Gasteiger partial charge is 0.350 e. The van der Waals surface area contributed by atoms with E-state index in [0.29, 0.717) is 28.1 Å². The van der Waals surface area contributed by atoms with Crippen molar-refractivity contribution in [2.75, 3.05) is 11.9 Å². The van der Waals surface area contributed by atoms with E-state index in [1.165, 1.54) is 17.4 Å². The second-order valence-electron chi connectivity index (χ2n) is 5.32. The first-order valence-electron chi connectivity index (χ1n) is 7.29. The van der Waals surface area contributed by atoms with E-state index in [2.05, 4.69) is 10.3 Å². The Kier molecular flexibility index (Phi) is 4.11. The molecule has 0 bridgehead atoms. The number of hydrogen-bond acceptors (Lipinski definition) is 5. The minimum atomic E-state index is -0.315. The van der Waals surface area contributed by atoms with Crippen molar-refractivity contribution < 1.29 is 13.9 Å². The zero-order chi connectivity index (χ0) is 15.7. The molecule has 1 heterocycles. The van der Waals surface area contributed by atoms with Gasteiger partial charge in [-0.2, -0.15) is 0 Å². The summed E-state index contributed by atoms with van der Waals surface area (Å²) in [7, 11) is 0. The summed E-state index contributed by atoms with van der Waals surface area (Å²) in [6.45, 7) is 3.85. The monoisotopic (exact) mass is 320 g/mol. The molecule has 0 atom stereocenters. The molecule has 1 aromatic carbocycles. The minimum absolute atomic E-state index is 0.240. The SMILES string of the molecule is CCOC(=O)c1sc(Nc2ccc(F)c(C)c2)nc1C1CC1. The Hall–Kier alpha value is -1.95. The zero-order valence-corrected chi connectivity index (χ0v) is 13.3. The molecule has 6 heteroatoms. The van der Waals surface area contributed by atoms with Crippen molar-refractivity contribution in [3.05, 3.63) is 40.2 Å². The average molecular weight is 320 g/mol. The summed E-state index contributed by atoms with van der Waals surface area (Å²) in [5.74, 6) is -0.193. The van der Waals surface area contributed by atoms with Crippen LogP contribution in [0.2, 0.25) is 0 Å². The van der Waals surface area contributed by atoms with E-state index in [4.69, 9.17) is 4.74 Å². The van der Waals surface area contributed by atoms with E-state index in [1.807, 2.05) is 0 Å². The van der Waals surface area contributed by atoms with Gasteiger partial charge in [0.25, 0.3) is 0 Å². The summed E-state index contributed by atoms with van der Waals surface area (Å²) in [6.07, 6.45) is 2.12. The Balaban J connectivity index is 1.86. The zero-order valence-electron chi connectivity index (χ0n) is 12.5. The third-order valence-corrected chi connectivity index (χ3v) is 4.45. The molecule has 0 saturated heterocycles. The van der Waals surface area contributed by atoms with E-state index in [-0.39, 0.29) is 11.8 Å². The minimum Gasteiger partial charge on any atom is -0.462 e.